The van der Waals surface area contributed by atoms with Crippen LogP contribution in [0.5, 0.6) is 0 Å². The summed E-state index contributed by atoms with van der Waals surface area (Å²) in [6.07, 6.45) is 2.01. The molecule has 0 amide bonds. The summed E-state index contributed by atoms with van der Waals surface area (Å²) in [5.74, 6) is 0.109. The fraction of sp³-hybridized carbons (Fsp3) is 0.234. The lowest BCUT2D eigenvalue weighted by Gasteiger charge is -2.33. The van der Waals surface area contributed by atoms with Gasteiger partial charge in [-0.3, -0.25) is 0 Å². The molecule has 2 heteroatoms. The number of para-hydroxylation sites is 1. The Balaban J connectivity index is 1.55. The molecule has 49 heavy (non-hydrogen) atoms. The predicted molar refractivity (Wildman–Crippen MR) is 210 cm³/mol. The molecule has 0 saturated carbocycles. The molecule has 2 nitrogen and oxygen atoms in total. The van der Waals surface area contributed by atoms with Crippen LogP contribution in [0.2, 0.25) is 0 Å². The minimum Gasteiger partial charge on any atom is -0.380 e. The topological polar surface area (TPSA) is 24.1 Å². The number of aryl methyl sites for hydroxylation is 3. The second-order valence-corrected chi connectivity index (χ2v) is 13.4. The van der Waals surface area contributed by atoms with E-state index in [-0.39, 0.29) is 23.9 Å². The van der Waals surface area contributed by atoms with Gasteiger partial charge in [0.25, 0.3) is 0 Å². The second kappa shape index (κ2) is 15.9. The Morgan fingerprint density at radius 1 is 0.429 bits per heavy atom. The highest BCUT2D eigenvalue weighted by atomic mass is 15.0. The van der Waals surface area contributed by atoms with Crippen molar-refractivity contribution in [2.75, 3.05) is 10.6 Å². The third-order valence-corrected chi connectivity index (χ3v) is 9.99. The molecular formula is C47H50N2. The largest absolute Gasteiger partial charge is 0.380 e. The van der Waals surface area contributed by atoms with Gasteiger partial charge in [0.1, 0.15) is 0 Å². The normalized spacial score (nSPS) is 12.6. The first-order valence-electron chi connectivity index (χ1n) is 18.0. The van der Waals surface area contributed by atoms with Gasteiger partial charge in [-0.15, -0.1) is 0 Å². The molecule has 2 unspecified atom stereocenters. The fourth-order valence-electron chi connectivity index (χ4n) is 7.28. The van der Waals surface area contributed by atoms with E-state index in [4.69, 9.17) is 0 Å². The molecule has 0 aliphatic rings. The van der Waals surface area contributed by atoms with Crippen LogP contribution >= 0.6 is 0 Å². The Bertz CT molecular complexity index is 1710. The molecule has 6 rings (SSSR count). The van der Waals surface area contributed by atoms with Gasteiger partial charge in [0, 0.05) is 35.3 Å². The van der Waals surface area contributed by atoms with E-state index in [0.717, 1.165) is 12.8 Å². The Hall–Kier alpha value is -5.08. The van der Waals surface area contributed by atoms with E-state index < -0.39 is 0 Å². The number of rotatable bonds is 13. The summed E-state index contributed by atoms with van der Waals surface area (Å²) in [5.41, 5.74) is 14.2. The highest BCUT2D eigenvalue weighted by Gasteiger charge is 2.28. The summed E-state index contributed by atoms with van der Waals surface area (Å²) < 4.78 is 0. The van der Waals surface area contributed by atoms with Crippen molar-refractivity contribution >= 4 is 11.4 Å². The third kappa shape index (κ3) is 7.65. The van der Waals surface area contributed by atoms with Crippen LogP contribution in [0.1, 0.15) is 89.6 Å². The standard InChI is InChI=1S/C47H50N2/c1-6-36-29-20-30-37(7-2)46(36)48-34(4)35(5)49-47-42(44(38-21-12-8-13-22-38)39-23-14-9-15-24-39)31-33(3)32-43(47)45(40-25-16-10-17-26-40)41-27-18-11-19-28-41/h8-32,34-35,44-45,48-49H,6-7H2,1-5H3. The van der Waals surface area contributed by atoms with Crippen molar-refractivity contribution in [3.05, 3.63) is 202 Å². The summed E-state index contributed by atoms with van der Waals surface area (Å²) in [6, 6.07) is 55.8. The van der Waals surface area contributed by atoms with Crippen molar-refractivity contribution in [1.29, 1.82) is 0 Å². The van der Waals surface area contributed by atoms with Gasteiger partial charge in [-0.05, 0) is 78.1 Å². The van der Waals surface area contributed by atoms with E-state index in [1.165, 1.54) is 61.4 Å². The van der Waals surface area contributed by atoms with Crippen LogP contribution in [-0.4, -0.2) is 12.1 Å². The minimum absolute atomic E-state index is 0.0544. The zero-order valence-corrected chi connectivity index (χ0v) is 29.7. The first-order chi connectivity index (χ1) is 24.0. The van der Waals surface area contributed by atoms with Crippen LogP contribution in [0.15, 0.2) is 152 Å². The lowest BCUT2D eigenvalue weighted by atomic mass is 9.78. The number of hydrogen-bond acceptors (Lipinski definition) is 2. The highest BCUT2D eigenvalue weighted by Crippen LogP contribution is 2.44. The van der Waals surface area contributed by atoms with Crippen LogP contribution in [0.4, 0.5) is 11.4 Å². The fourth-order valence-corrected chi connectivity index (χ4v) is 7.28. The predicted octanol–water partition coefficient (Wildman–Crippen LogP) is 11.8. The van der Waals surface area contributed by atoms with Crippen molar-refractivity contribution in [3.8, 4) is 0 Å². The smallest absolute Gasteiger partial charge is 0.0432 e. The molecular weight excluding hydrogens is 593 g/mol. The Kier molecular flexibility index (Phi) is 11.0. The van der Waals surface area contributed by atoms with Crippen molar-refractivity contribution in [3.63, 3.8) is 0 Å². The number of hydrogen-bond donors (Lipinski definition) is 2. The van der Waals surface area contributed by atoms with Crippen LogP contribution in [0.3, 0.4) is 0 Å². The van der Waals surface area contributed by atoms with E-state index in [1.807, 2.05) is 0 Å². The van der Waals surface area contributed by atoms with Crippen LogP contribution in [0.25, 0.3) is 0 Å². The molecule has 0 saturated heterocycles. The minimum atomic E-state index is 0.0544. The summed E-state index contributed by atoms with van der Waals surface area (Å²) in [7, 11) is 0. The van der Waals surface area contributed by atoms with E-state index in [0.29, 0.717) is 0 Å². The van der Waals surface area contributed by atoms with Gasteiger partial charge in [-0.1, -0.05) is 171 Å². The molecule has 0 spiro atoms. The van der Waals surface area contributed by atoms with E-state index in [1.54, 1.807) is 0 Å². The van der Waals surface area contributed by atoms with Gasteiger partial charge in [-0.25, -0.2) is 0 Å². The molecule has 6 aromatic carbocycles. The van der Waals surface area contributed by atoms with Crippen LogP contribution in [0, 0.1) is 6.92 Å². The average molecular weight is 643 g/mol. The molecule has 2 N–H and O–H groups in total. The summed E-state index contributed by atoms with van der Waals surface area (Å²) in [4.78, 5) is 0. The van der Waals surface area contributed by atoms with Gasteiger partial charge < -0.3 is 10.6 Å². The van der Waals surface area contributed by atoms with Gasteiger partial charge in [0.05, 0.1) is 0 Å². The maximum absolute atomic E-state index is 4.18. The summed E-state index contributed by atoms with van der Waals surface area (Å²) in [5, 5.41) is 8.15. The maximum atomic E-state index is 4.18. The molecule has 0 aliphatic heterocycles. The van der Waals surface area contributed by atoms with Crippen LogP contribution in [-0.2, 0) is 12.8 Å². The molecule has 2 atom stereocenters. The van der Waals surface area contributed by atoms with E-state index in [2.05, 4.69) is 197 Å². The molecule has 0 aliphatic carbocycles. The Morgan fingerprint density at radius 3 is 1.08 bits per heavy atom. The van der Waals surface area contributed by atoms with Crippen molar-refractivity contribution < 1.29 is 0 Å². The monoisotopic (exact) mass is 642 g/mol. The maximum Gasteiger partial charge on any atom is 0.0432 e. The SMILES string of the molecule is CCc1cccc(CC)c1NC(C)C(C)Nc1c(C(c2ccccc2)c2ccccc2)cc(C)cc1C(c1ccccc1)c1ccccc1. The lowest BCUT2D eigenvalue weighted by Crippen LogP contribution is -2.36. The third-order valence-electron chi connectivity index (χ3n) is 9.99. The molecule has 248 valence electrons. The molecule has 0 fully saturated rings. The average Bonchev–Trinajstić information content (AvgIpc) is 3.15. The zero-order valence-electron chi connectivity index (χ0n) is 29.7. The zero-order chi connectivity index (χ0) is 34.2. The van der Waals surface area contributed by atoms with Gasteiger partial charge >= 0.3 is 0 Å². The molecule has 0 aromatic heterocycles. The van der Waals surface area contributed by atoms with Crippen molar-refractivity contribution in [1.82, 2.24) is 0 Å². The highest BCUT2D eigenvalue weighted by molar-refractivity contribution is 5.69. The first-order valence-corrected chi connectivity index (χ1v) is 18.0. The van der Waals surface area contributed by atoms with Gasteiger partial charge in [-0.2, -0.15) is 0 Å². The molecule has 0 radical (unpaired) electrons. The van der Waals surface area contributed by atoms with Gasteiger partial charge in [0.2, 0.25) is 0 Å². The quantitative estimate of drug-likeness (QED) is 0.123. The van der Waals surface area contributed by atoms with E-state index >= 15 is 0 Å². The number of benzene rings is 6. The van der Waals surface area contributed by atoms with Gasteiger partial charge in [0.15, 0.2) is 0 Å². The molecule has 0 heterocycles. The van der Waals surface area contributed by atoms with Crippen molar-refractivity contribution in [2.45, 2.75) is 71.4 Å². The second-order valence-electron chi connectivity index (χ2n) is 13.4. The molecule has 0 bridgehead atoms. The number of nitrogens with one attached hydrogen (secondary N) is 2. The Labute approximate surface area is 294 Å². The first kappa shape index (κ1) is 33.8. The summed E-state index contributed by atoms with van der Waals surface area (Å²) in [6.45, 7) is 11.4. The van der Waals surface area contributed by atoms with Crippen molar-refractivity contribution in [2.24, 2.45) is 0 Å². The Morgan fingerprint density at radius 2 is 0.755 bits per heavy atom. The lowest BCUT2D eigenvalue weighted by molar-refractivity contribution is 0.672. The summed E-state index contributed by atoms with van der Waals surface area (Å²) >= 11 is 0. The van der Waals surface area contributed by atoms with E-state index in [9.17, 15) is 0 Å². The number of anilines is 2. The van der Waals surface area contributed by atoms with Crippen LogP contribution < -0.4 is 10.6 Å². The molecule has 6 aromatic rings.